The Kier molecular flexibility index (Phi) is 20.5. The molecule has 0 aromatic carbocycles. The van der Waals surface area contributed by atoms with E-state index >= 15 is 0 Å². The molecule has 2 aliphatic heterocycles. The molecule has 0 aromatic rings. The summed E-state index contributed by atoms with van der Waals surface area (Å²) >= 11 is 1.91. The fourth-order valence-corrected chi connectivity index (χ4v) is 5.63. The van der Waals surface area contributed by atoms with Crippen LogP contribution in [0.2, 0.25) is 0 Å². The Balaban J connectivity index is 1.21. The van der Waals surface area contributed by atoms with E-state index in [1.54, 1.807) is 0 Å². The molecule has 2 saturated heterocycles. The van der Waals surface area contributed by atoms with E-state index in [1.165, 1.54) is 0 Å². The Morgan fingerprint density at radius 1 is 0.769 bits per heavy atom. The molecule has 2 fully saturated rings. The maximum atomic E-state index is 12.0. The molecule has 3 atom stereocenters. The van der Waals surface area contributed by atoms with Gasteiger partial charge < -0.3 is 49.1 Å². The summed E-state index contributed by atoms with van der Waals surface area (Å²) in [6.45, 7) is 9.97. The molecule has 0 saturated carbocycles. The van der Waals surface area contributed by atoms with Gasteiger partial charge in [-0.15, -0.1) is 0 Å². The molecule has 13 heteroatoms. The van der Waals surface area contributed by atoms with Gasteiger partial charge in [0.25, 0.3) is 0 Å². The first-order valence-corrected chi connectivity index (χ1v) is 15.2. The number of carbonyl (C=O) groups excluding carboxylic acids is 2. The van der Waals surface area contributed by atoms with Crippen molar-refractivity contribution in [1.29, 1.82) is 0 Å². The second-order valence-electron chi connectivity index (χ2n) is 9.09. The number of urea groups is 1. The normalized spacial score (nSPS) is 20.1. The molecule has 228 valence electrons. The Hall–Kier alpha value is -1.19. The molecule has 2 aliphatic rings. The van der Waals surface area contributed by atoms with Crippen LogP contribution in [0.15, 0.2) is 0 Å². The SMILES string of the molecule is CCOCCOCCOCCOCCOCCOCCOCCNC(=O)CCCC[C@@H]1SC[C@@H]2NC(=O)N[C@@H]21. The lowest BCUT2D eigenvalue weighted by atomic mass is 10.0. The lowest BCUT2D eigenvalue weighted by Gasteiger charge is -2.16. The van der Waals surface area contributed by atoms with E-state index < -0.39 is 0 Å². The number of amides is 3. The highest BCUT2D eigenvalue weighted by Crippen LogP contribution is 2.33. The minimum atomic E-state index is -0.0558. The van der Waals surface area contributed by atoms with Gasteiger partial charge in [-0.3, -0.25) is 4.79 Å². The lowest BCUT2D eigenvalue weighted by molar-refractivity contribution is -0.121. The third kappa shape index (κ3) is 17.3. The van der Waals surface area contributed by atoms with Gasteiger partial charge in [-0.25, -0.2) is 4.79 Å². The van der Waals surface area contributed by atoms with E-state index in [2.05, 4.69) is 16.0 Å². The van der Waals surface area contributed by atoms with E-state index in [9.17, 15) is 9.59 Å². The van der Waals surface area contributed by atoms with Crippen LogP contribution in [0.25, 0.3) is 0 Å². The van der Waals surface area contributed by atoms with Crippen molar-refractivity contribution in [3.8, 4) is 0 Å². The van der Waals surface area contributed by atoms with Crippen LogP contribution in [0.4, 0.5) is 4.79 Å². The molecule has 0 bridgehead atoms. The fourth-order valence-electron chi connectivity index (χ4n) is 4.09. The molecule has 0 radical (unpaired) electrons. The zero-order valence-electron chi connectivity index (χ0n) is 23.5. The van der Waals surface area contributed by atoms with E-state index in [4.69, 9.17) is 33.2 Å². The van der Waals surface area contributed by atoms with Crippen molar-refractivity contribution in [3.63, 3.8) is 0 Å². The summed E-state index contributed by atoms with van der Waals surface area (Å²) in [5.41, 5.74) is 0. The molecule has 0 aromatic heterocycles. The van der Waals surface area contributed by atoms with E-state index in [-0.39, 0.29) is 24.0 Å². The van der Waals surface area contributed by atoms with Crippen LogP contribution in [0.5, 0.6) is 0 Å². The average Bonchev–Trinajstić information content (AvgIpc) is 3.48. The maximum absolute atomic E-state index is 12.0. The van der Waals surface area contributed by atoms with Gasteiger partial charge in [0.15, 0.2) is 0 Å². The smallest absolute Gasteiger partial charge is 0.315 e. The van der Waals surface area contributed by atoms with Gasteiger partial charge in [0.05, 0.1) is 98.0 Å². The molecule has 2 rings (SSSR count). The summed E-state index contributed by atoms with van der Waals surface area (Å²) in [7, 11) is 0. The number of nitrogens with one attached hydrogen (secondary N) is 3. The van der Waals surface area contributed by atoms with E-state index in [0.29, 0.717) is 111 Å². The first kappa shape index (κ1) is 34.0. The summed E-state index contributed by atoms with van der Waals surface area (Å²) in [5, 5.41) is 9.29. The Morgan fingerprint density at radius 3 is 1.82 bits per heavy atom. The largest absolute Gasteiger partial charge is 0.379 e. The highest BCUT2D eigenvalue weighted by atomic mass is 32.2. The number of hydrogen-bond donors (Lipinski definition) is 3. The summed E-state index contributed by atoms with van der Waals surface area (Å²) in [5.74, 6) is 1.02. The van der Waals surface area contributed by atoms with Crippen LogP contribution in [0.3, 0.4) is 0 Å². The fraction of sp³-hybridized carbons (Fsp3) is 0.923. The van der Waals surface area contributed by atoms with Crippen molar-refractivity contribution in [1.82, 2.24) is 16.0 Å². The van der Waals surface area contributed by atoms with Crippen LogP contribution in [0, 0.1) is 0 Å². The standard InChI is InChI=1S/C26H49N3O9S/c1-2-32-9-10-34-13-14-36-17-18-38-20-19-37-16-15-35-12-11-33-8-7-27-24(30)6-4-3-5-23-25-22(21-39-23)28-26(31)29-25/h22-23,25H,2-21H2,1H3,(H,27,30)(H2,28,29,31)/t22-,23-,25-/m0/s1. The predicted octanol–water partition coefficient (Wildman–Crippen LogP) is 0.965. The molecular weight excluding hydrogens is 530 g/mol. The van der Waals surface area contributed by atoms with Gasteiger partial charge in [-0.1, -0.05) is 6.42 Å². The monoisotopic (exact) mass is 579 g/mol. The maximum Gasteiger partial charge on any atom is 0.315 e. The van der Waals surface area contributed by atoms with Crippen molar-refractivity contribution in [2.45, 2.75) is 49.9 Å². The highest BCUT2D eigenvalue weighted by molar-refractivity contribution is 8.00. The molecule has 0 unspecified atom stereocenters. The van der Waals surface area contributed by atoms with Gasteiger partial charge in [0.1, 0.15) is 0 Å². The quantitative estimate of drug-likeness (QED) is 0.0954. The van der Waals surface area contributed by atoms with E-state index in [0.717, 1.165) is 25.0 Å². The number of thioether (sulfide) groups is 1. The number of rotatable bonds is 27. The molecular formula is C26H49N3O9S. The van der Waals surface area contributed by atoms with Gasteiger partial charge in [0.2, 0.25) is 5.91 Å². The second-order valence-corrected chi connectivity index (χ2v) is 10.4. The van der Waals surface area contributed by atoms with Crippen molar-refractivity contribution in [2.24, 2.45) is 0 Å². The van der Waals surface area contributed by atoms with Crippen LogP contribution in [-0.4, -0.2) is 134 Å². The Morgan fingerprint density at radius 2 is 1.28 bits per heavy atom. The average molecular weight is 580 g/mol. The molecule has 39 heavy (non-hydrogen) atoms. The summed E-state index contributed by atoms with van der Waals surface area (Å²) in [6.07, 6.45) is 3.37. The third-order valence-electron chi connectivity index (χ3n) is 6.09. The van der Waals surface area contributed by atoms with Crippen LogP contribution in [0.1, 0.15) is 32.6 Å². The van der Waals surface area contributed by atoms with Gasteiger partial charge in [-0.05, 0) is 19.8 Å². The minimum absolute atomic E-state index is 0.0509. The Labute approximate surface area is 237 Å². The van der Waals surface area contributed by atoms with Crippen molar-refractivity contribution >= 4 is 23.7 Å². The first-order valence-electron chi connectivity index (χ1n) is 14.2. The summed E-state index contributed by atoms with van der Waals surface area (Å²) in [6, 6.07) is 0.429. The number of ether oxygens (including phenoxy) is 7. The molecule has 0 spiro atoms. The van der Waals surface area contributed by atoms with Gasteiger partial charge in [-0.2, -0.15) is 11.8 Å². The van der Waals surface area contributed by atoms with Crippen LogP contribution in [-0.2, 0) is 38.0 Å². The third-order valence-corrected chi connectivity index (χ3v) is 7.59. The zero-order valence-corrected chi connectivity index (χ0v) is 24.3. The molecule has 0 aliphatic carbocycles. The van der Waals surface area contributed by atoms with Crippen LogP contribution >= 0.6 is 11.8 Å². The van der Waals surface area contributed by atoms with Gasteiger partial charge >= 0.3 is 6.03 Å². The summed E-state index contributed by atoms with van der Waals surface area (Å²) < 4.78 is 37.8. The molecule has 3 N–H and O–H groups in total. The predicted molar refractivity (Wildman–Crippen MR) is 148 cm³/mol. The molecule has 12 nitrogen and oxygen atoms in total. The molecule has 3 amide bonds. The number of carbonyl (C=O) groups is 2. The summed E-state index contributed by atoms with van der Waals surface area (Å²) in [4.78, 5) is 23.4. The second kappa shape index (κ2) is 23.5. The Bertz CT molecular complexity index is 635. The van der Waals surface area contributed by atoms with Gasteiger partial charge in [0, 0.05) is 30.6 Å². The lowest BCUT2D eigenvalue weighted by Crippen LogP contribution is -2.36. The number of fused-ring (bicyclic) bond motifs is 1. The topological polar surface area (TPSA) is 135 Å². The zero-order chi connectivity index (χ0) is 27.8. The van der Waals surface area contributed by atoms with E-state index in [1.807, 2.05) is 18.7 Å². The minimum Gasteiger partial charge on any atom is -0.379 e. The van der Waals surface area contributed by atoms with Crippen molar-refractivity contribution in [2.75, 3.05) is 105 Å². The van der Waals surface area contributed by atoms with Crippen LogP contribution < -0.4 is 16.0 Å². The molecule has 2 heterocycles. The number of unbranched alkanes of at least 4 members (excludes halogenated alkanes) is 1. The van der Waals surface area contributed by atoms with Crippen molar-refractivity contribution < 1.29 is 42.7 Å². The highest BCUT2D eigenvalue weighted by Gasteiger charge is 2.42. The van der Waals surface area contributed by atoms with Crippen molar-refractivity contribution in [3.05, 3.63) is 0 Å². The number of hydrogen-bond acceptors (Lipinski definition) is 10. The first-order chi connectivity index (χ1) is 19.2.